The molecule has 1 rings (SSSR count). The summed E-state index contributed by atoms with van der Waals surface area (Å²) >= 11 is 3.12. The zero-order valence-electron chi connectivity index (χ0n) is 9.87. The third-order valence-corrected chi connectivity index (χ3v) is 2.88. The molecule has 0 bridgehead atoms. The third-order valence-electron chi connectivity index (χ3n) is 2.40. The van der Waals surface area contributed by atoms with E-state index in [4.69, 9.17) is 0 Å². The number of alkyl halides is 1. The highest BCUT2D eigenvalue weighted by Crippen LogP contribution is 2.07. The first kappa shape index (κ1) is 13.7. The molecule has 0 aliphatic heterocycles. The van der Waals surface area contributed by atoms with Gasteiger partial charge in [-0.15, -0.1) is 0 Å². The van der Waals surface area contributed by atoms with Gasteiger partial charge in [-0.1, -0.05) is 28.1 Å². The predicted octanol–water partition coefficient (Wildman–Crippen LogP) is 1.40. The maximum Gasteiger partial charge on any atom is 0.251 e. The van der Waals surface area contributed by atoms with E-state index in [9.17, 15) is 9.59 Å². The summed E-state index contributed by atoms with van der Waals surface area (Å²) in [7, 11) is 3.34. The van der Waals surface area contributed by atoms with Crippen molar-refractivity contribution in [3.63, 3.8) is 0 Å². The normalized spacial score (nSPS) is 9.82. The van der Waals surface area contributed by atoms with Gasteiger partial charge in [0, 0.05) is 26.2 Å². The highest BCUT2D eigenvalue weighted by Gasteiger charge is 2.08. The Morgan fingerprint density at radius 2 is 1.88 bits per heavy atom. The monoisotopic (exact) mass is 298 g/mol. The van der Waals surface area contributed by atoms with E-state index >= 15 is 0 Å². The van der Waals surface area contributed by atoms with Gasteiger partial charge in [0.25, 0.3) is 5.91 Å². The van der Waals surface area contributed by atoms with Crippen LogP contribution in [-0.2, 0) is 11.3 Å². The summed E-state index contributed by atoms with van der Waals surface area (Å²) in [5, 5.41) is 2.88. The van der Waals surface area contributed by atoms with Crippen LogP contribution in [0, 0.1) is 0 Å². The summed E-state index contributed by atoms with van der Waals surface area (Å²) < 4.78 is 0. The number of nitrogens with zero attached hydrogens (tertiary/aromatic N) is 1. The Kier molecular flexibility index (Phi) is 5.15. The minimum Gasteiger partial charge on any atom is -0.355 e. The van der Waals surface area contributed by atoms with Crippen molar-refractivity contribution >= 4 is 27.7 Å². The molecule has 1 aromatic rings. The summed E-state index contributed by atoms with van der Waals surface area (Å²) in [5.74, 6) is -0.0817. The number of hydrogen-bond acceptors (Lipinski definition) is 2. The van der Waals surface area contributed by atoms with E-state index in [1.54, 1.807) is 31.1 Å². The predicted molar refractivity (Wildman–Crippen MR) is 70.1 cm³/mol. The van der Waals surface area contributed by atoms with Crippen molar-refractivity contribution in [2.45, 2.75) is 6.54 Å². The van der Waals surface area contributed by atoms with Crippen molar-refractivity contribution in [1.29, 1.82) is 0 Å². The van der Waals surface area contributed by atoms with Crippen LogP contribution in [0.4, 0.5) is 0 Å². The maximum atomic E-state index is 11.4. The highest BCUT2D eigenvalue weighted by atomic mass is 79.9. The number of benzene rings is 1. The first-order valence-corrected chi connectivity index (χ1v) is 6.31. The second kappa shape index (κ2) is 6.39. The smallest absolute Gasteiger partial charge is 0.251 e. The molecule has 17 heavy (non-hydrogen) atoms. The minimum absolute atomic E-state index is 0.0281. The average molecular weight is 299 g/mol. The van der Waals surface area contributed by atoms with Crippen LogP contribution in [-0.4, -0.2) is 36.1 Å². The van der Waals surface area contributed by atoms with E-state index in [0.29, 0.717) is 17.4 Å². The zero-order chi connectivity index (χ0) is 12.8. The van der Waals surface area contributed by atoms with E-state index in [1.165, 1.54) is 0 Å². The molecule has 92 valence electrons. The van der Waals surface area contributed by atoms with Crippen LogP contribution >= 0.6 is 15.9 Å². The van der Waals surface area contributed by atoms with Crippen LogP contribution in [0.5, 0.6) is 0 Å². The van der Waals surface area contributed by atoms with Gasteiger partial charge < -0.3 is 10.2 Å². The van der Waals surface area contributed by atoms with Crippen molar-refractivity contribution < 1.29 is 9.59 Å². The van der Waals surface area contributed by atoms with Crippen LogP contribution in [0.3, 0.4) is 0 Å². The molecule has 0 aromatic heterocycles. The van der Waals surface area contributed by atoms with Gasteiger partial charge in [0.05, 0.1) is 5.33 Å². The Labute approximate surface area is 109 Å². The number of carbonyl (C=O) groups excluding carboxylic acids is 2. The van der Waals surface area contributed by atoms with E-state index < -0.39 is 0 Å². The van der Waals surface area contributed by atoms with E-state index in [1.807, 2.05) is 12.1 Å². The SMILES string of the molecule is CNC(=O)c1ccc(CN(C)C(=O)CBr)cc1. The van der Waals surface area contributed by atoms with Crippen LogP contribution in [0.25, 0.3) is 0 Å². The Morgan fingerprint density at radius 3 is 2.35 bits per heavy atom. The van der Waals surface area contributed by atoms with Crippen molar-refractivity contribution in [2.24, 2.45) is 0 Å². The van der Waals surface area contributed by atoms with Gasteiger partial charge in [-0.25, -0.2) is 0 Å². The lowest BCUT2D eigenvalue weighted by Gasteiger charge is -2.15. The van der Waals surface area contributed by atoms with Crippen molar-refractivity contribution in [3.8, 4) is 0 Å². The molecule has 0 saturated carbocycles. The van der Waals surface area contributed by atoms with Crippen LogP contribution in [0.2, 0.25) is 0 Å². The molecular formula is C12H15BrN2O2. The summed E-state index contributed by atoms with van der Waals surface area (Å²) in [6.07, 6.45) is 0. The quantitative estimate of drug-likeness (QED) is 0.854. The fourth-order valence-electron chi connectivity index (χ4n) is 1.37. The number of hydrogen-bond donors (Lipinski definition) is 1. The fraction of sp³-hybridized carbons (Fsp3) is 0.333. The van der Waals surface area contributed by atoms with E-state index in [2.05, 4.69) is 21.2 Å². The van der Waals surface area contributed by atoms with Gasteiger partial charge in [-0.05, 0) is 17.7 Å². The van der Waals surface area contributed by atoms with Crippen LogP contribution in [0.1, 0.15) is 15.9 Å². The van der Waals surface area contributed by atoms with Gasteiger partial charge in [0.15, 0.2) is 0 Å². The number of carbonyl (C=O) groups is 2. The summed E-state index contributed by atoms with van der Waals surface area (Å²) in [6, 6.07) is 7.20. The lowest BCUT2D eigenvalue weighted by Crippen LogP contribution is -2.27. The Morgan fingerprint density at radius 1 is 1.29 bits per heavy atom. The molecule has 0 radical (unpaired) electrons. The molecule has 2 amide bonds. The molecule has 1 N–H and O–H groups in total. The van der Waals surface area contributed by atoms with Crippen molar-refractivity contribution in [1.82, 2.24) is 10.2 Å². The second-order valence-corrected chi connectivity index (χ2v) is 4.22. The van der Waals surface area contributed by atoms with Gasteiger partial charge in [-0.2, -0.15) is 0 Å². The molecule has 0 aliphatic rings. The van der Waals surface area contributed by atoms with Crippen LogP contribution < -0.4 is 5.32 Å². The molecule has 0 heterocycles. The second-order valence-electron chi connectivity index (χ2n) is 3.66. The zero-order valence-corrected chi connectivity index (χ0v) is 11.5. The van der Waals surface area contributed by atoms with Gasteiger partial charge in [0.2, 0.25) is 5.91 Å². The Balaban J connectivity index is 2.68. The first-order valence-electron chi connectivity index (χ1n) is 5.19. The molecule has 0 unspecified atom stereocenters. The molecule has 1 aromatic carbocycles. The molecule has 4 nitrogen and oxygen atoms in total. The van der Waals surface area contributed by atoms with Crippen molar-refractivity contribution in [2.75, 3.05) is 19.4 Å². The third kappa shape index (κ3) is 3.85. The lowest BCUT2D eigenvalue weighted by atomic mass is 10.1. The molecular weight excluding hydrogens is 284 g/mol. The first-order chi connectivity index (χ1) is 8.08. The highest BCUT2D eigenvalue weighted by molar-refractivity contribution is 9.09. The molecule has 0 aliphatic carbocycles. The summed E-state index contributed by atoms with van der Waals surface area (Å²) in [4.78, 5) is 24.3. The number of halogens is 1. The van der Waals surface area contributed by atoms with E-state index in [-0.39, 0.29) is 11.8 Å². The van der Waals surface area contributed by atoms with Crippen LogP contribution in [0.15, 0.2) is 24.3 Å². The molecule has 0 atom stereocenters. The molecule has 5 heteroatoms. The number of rotatable bonds is 4. The standard InChI is InChI=1S/C12H15BrN2O2/c1-14-12(17)10-5-3-9(4-6-10)8-15(2)11(16)7-13/h3-6H,7-8H2,1-2H3,(H,14,17). The molecule has 0 spiro atoms. The van der Waals surface area contributed by atoms with E-state index in [0.717, 1.165) is 5.56 Å². The van der Waals surface area contributed by atoms with Gasteiger partial charge in [-0.3, -0.25) is 9.59 Å². The fourth-order valence-corrected chi connectivity index (χ4v) is 1.80. The lowest BCUT2D eigenvalue weighted by molar-refractivity contribution is -0.127. The van der Waals surface area contributed by atoms with Gasteiger partial charge in [0.1, 0.15) is 0 Å². The largest absolute Gasteiger partial charge is 0.355 e. The number of nitrogens with one attached hydrogen (secondary N) is 1. The molecule has 0 saturated heterocycles. The van der Waals surface area contributed by atoms with Crippen molar-refractivity contribution in [3.05, 3.63) is 35.4 Å². The summed E-state index contributed by atoms with van der Waals surface area (Å²) in [5.41, 5.74) is 1.61. The van der Waals surface area contributed by atoms with Gasteiger partial charge >= 0.3 is 0 Å². The minimum atomic E-state index is -0.110. The average Bonchev–Trinajstić information content (AvgIpc) is 2.37. The number of amides is 2. The Bertz CT molecular complexity index is 403. The topological polar surface area (TPSA) is 49.4 Å². The maximum absolute atomic E-state index is 11.4. The summed E-state index contributed by atoms with van der Waals surface area (Å²) in [6.45, 7) is 0.540. The molecule has 0 fully saturated rings. The Hall–Kier alpha value is -1.36.